The second kappa shape index (κ2) is 11.3. The molecule has 1 amide bonds. The summed E-state index contributed by atoms with van der Waals surface area (Å²) in [6.07, 6.45) is 1.10. The zero-order chi connectivity index (χ0) is 26.4. The zero-order valence-corrected chi connectivity index (χ0v) is 21.9. The van der Waals surface area contributed by atoms with Gasteiger partial charge in [0.2, 0.25) is 15.9 Å². The van der Waals surface area contributed by atoms with Crippen LogP contribution in [0.15, 0.2) is 109 Å². The predicted molar refractivity (Wildman–Crippen MR) is 147 cm³/mol. The maximum Gasteiger partial charge on any atom is 0.244 e. The molecule has 0 aliphatic carbocycles. The van der Waals surface area contributed by atoms with Crippen LogP contribution in [-0.4, -0.2) is 26.6 Å². The van der Waals surface area contributed by atoms with Gasteiger partial charge >= 0.3 is 0 Å². The lowest BCUT2D eigenvalue weighted by molar-refractivity contribution is -0.122. The summed E-state index contributed by atoms with van der Waals surface area (Å²) in [5.74, 6) is 0.819. The summed E-state index contributed by atoms with van der Waals surface area (Å²) in [7, 11) is -3.77. The lowest BCUT2D eigenvalue weighted by Gasteiger charge is -2.30. The third-order valence-corrected chi connectivity index (χ3v) is 7.23. The third kappa shape index (κ3) is 6.57. The number of nitrogens with zero attached hydrogens (tertiary/aromatic N) is 1. The van der Waals surface area contributed by atoms with Gasteiger partial charge in [0.25, 0.3) is 0 Å². The standard InChI is InChI=1S/C30H30N2O4S/c1-22-14-16-25(17-15-22)29(24-10-6-4-7-11-24)31-30(33)23(2)32(37(3,34)35)26-18-20-28(21-19-26)36-27-12-8-5-9-13-27/h4-21,23,29H,1-3H3,(H,31,33)/t23-,29-/m1/s1. The van der Waals surface area contributed by atoms with E-state index in [1.54, 1.807) is 31.2 Å². The molecule has 190 valence electrons. The highest BCUT2D eigenvalue weighted by Gasteiger charge is 2.31. The number of carbonyl (C=O) groups excluding carboxylic acids is 1. The maximum atomic E-state index is 13.5. The Morgan fingerprint density at radius 1 is 0.757 bits per heavy atom. The predicted octanol–water partition coefficient (Wildman–Crippen LogP) is 5.85. The van der Waals surface area contributed by atoms with Gasteiger partial charge < -0.3 is 10.1 Å². The van der Waals surface area contributed by atoms with Gasteiger partial charge in [0.05, 0.1) is 18.0 Å². The van der Waals surface area contributed by atoms with Crippen molar-refractivity contribution < 1.29 is 17.9 Å². The molecule has 6 nitrogen and oxygen atoms in total. The van der Waals surface area contributed by atoms with E-state index in [0.29, 0.717) is 17.2 Å². The molecule has 0 saturated heterocycles. The van der Waals surface area contributed by atoms with Crippen molar-refractivity contribution in [1.29, 1.82) is 0 Å². The van der Waals surface area contributed by atoms with Crippen LogP contribution in [0.25, 0.3) is 0 Å². The highest BCUT2D eigenvalue weighted by atomic mass is 32.2. The Morgan fingerprint density at radius 3 is 1.84 bits per heavy atom. The molecule has 2 atom stereocenters. The van der Waals surface area contributed by atoms with Crippen LogP contribution in [0.3, 0.4) is 0 Å². The smallest absolute Gasteiger partial charge is 0.244 e. The van der Waals surface area contributed by atoms with Crippen molar-refractivity contribution in [2.45, 2.75) is 25.9 Å². The van der Waals surface area contributed by atoms with Gasteiger partial charge in [0.1, 0.15) is 17.5 Å². The first-order valence-corrected chi connectivity index (χ1v) is 13.8. The average molecular weight is 515 g/mol. The summed E-state index contributed by atoms with van der Waals surface area (Å²) >= 11 is 0. The van der Waals surface area contributed by atoms with Gasteiger partial charge in [-0.2, -0.15) is 0 Å². The first-order valence-electron chi connectivity index (χ1n) is 12.0. The molecule has 0 unspecified atom stereocenters. The summed E-state index contributed by atoms with van der Waals surface area (Å²) in [4.78, 5) is 13.5. The summed E-state index contributed by atoms with van der Waals surface area (Å²) < 4.78 is 32.6. The van der Waals surface area contributed by atoms with E-state index in [1.165, 1.54) is 0 Å². The van der Waals surface area contributed by atoms with Crippen molar-refractivity contribution in [3.63, 3.8) is 0 Å². The number of aryl methyl sites for hydroxylation is 1. The van der Waals surface area contributed by atoms with Crippen molar-refractivity contribution in [2.75, 3.05) is 10.6 Å². The minimum atomic E-state index is -3.77. The molecule has 4 rings (SSSR count). The van der Waals surface area contributed by atoms with E-state index in [9.17, 15) is 13.2 Å². The molecule has 0 saturated carbocycles. The molecule has 4 aromatic carbocycles. The number of para-hydroxylation sites is 1. The number of rotatable bonds is 9. The van der Waals surface area contributed by atoms with E-state index in [-0.39, 0.29) is 0 Å². The maximum absolute atomic E-state index is 13.5. The van der Waals surface area contributed by atoms with Gasteiger partial charge in [0.15, 0.2) is 0 Å². The molecule has 0 fully saturated rings. The minimum absolute atomic E-state index is 0.372. The number of nitrogens with one attached hydrogen (secondary N) is 1. The van der Waals surface area contributed by atoms with Crippen molar-refractivity contribution in [3.8, 4) is 11.5 Å². The van der Waals surface area contributed by atoms with Gasteiger partial charge in [-0.05, 0) is 61.4 Å². The van der Waals surface area contributed by atoms with Crippen LogP contribution < -0.4 is 14.4 Å². The molecule has 0 radical (unpaired) electrons. The number of anilines is 1. The number of amides is 1. The van der Waals surface area contributed by atoms with Crippen LogP contribution in [-0.2, 0) is 14.8 Å². The van der Waals surface area contributed by atoms with Crippen molar-refractivity contribution in [3.05, 3.63) is 126 Å². The third-order valence-electron chi connectivity index (χ3n) is 5.99. The molecule has 0 bridgehead atoms. The van der Waals surface area contributed by atoms with Crippen LogP contribution in [0, 0.1) is 6.92 Å². The molecular formula is C30H30N2O4S. The number of carbonyl (C=O) groups is 1. The average Bonchev–Trinajstić information content (AvgIpc) is 2.89. The number of hydrogen-bond donors (Lipinski definition) is 1. The van der Waals surface area contributed by atoms with Crippen molar-refractivity contribution in [1.82, 2.24) is 5.32 Å². The fourth-order valence-electron chi connectivity index (χ4n) is 4.12. The zero-order valence-electron chi connectivity index (χ0n) is 21.0. The largest absolute Gasteiger partial charge is 0.457 e. The van der Waals surface area contributed by atoms with E-state index >= 15 is 0 Å². The second-order valence-corrected chi connectivity index (χ2v) is 10.8. The van der Waals surface area contributed by atoms with E-state index in [0.717, 1.165) is 27.3 Å². The normalized spacial score (nSPS) is 12.8. The summed E-state index contributed by atoms with van der Waals surface area (Å²) in [5, 5.41) is 3.07. The Labute approximate surface area is 218 Å². The molecule has 0 aliphatic heterocycles. The van der Waals surface area contributed by atoms with Gasteiger partial charge in [-0.1, -0.05) is 78.4 Å². The molecule has 0 aromatic heterocycles. The summed E-state index contributed by atoms with van der Waals surface area (Å²) in [5.41, 5.74) is 3.29. The highest BCUT2D eigenvalue weighted by Crippen LogP contribution is 2.28. The summed E-state index contributed by atoms with van der Waals surface area (Å²) in [6.45, 7) is 3.59. The van der Waals surface area contributed by atoms with Crippen molar-refractivity contribution >= 4 is 21.6 Å². The molecule has 0 spiro atoms. The monoisotopic (exact) mass is 514 g/mol. The van der Waals surface area contributed by atoms with Crippen LogP contribution in [0.4, 0.5) is 5.69 Å². The van der Waals surface area contributed by atoms with Crippen LogP contribution in [0.1, 0.15) is 29.7 Å². The quantitative estimate of drug-likeness (QED) is 0.304. The Morgan fingerprint density at radius 2 is 1.27 bits per heavy atom. The molecule has 7 heteroatoms. The van der Waals surface area contributed by atoms with Gasteiger partial charge in [-0.3, -0.25) is 9.10 Å². The molecule has 0 heterocycles. The van der Waals surface area contributed by atoms with E-state index < -0.39 is 28.0 Å². The molecule has 37 heavy (non-hydrogen) atoms. The lowest BCUT2D eigenvalue weighted by Crippen LogP contribution is -2.48. The van der Waals surface area contributed by atoms with Gasteiger partial charge in [-0.15, -0.1) is 0 Å². The molecule has 1 N–H and O–H groups in total. The number of hydrogen-bond acceptors (Lipinski definition) is 4. The van der Waals surface area contributed by atoms with Crippen LogP contribution in [0.5, 0.6) is 11.5 Å². The van der Waals surface area contributed by atoms with Crippen LogP contribution >= 0.6 is 0 Å². The lowest BCUT2D eigenvalue weighted by atomic mass is 9.97. The van der Waals surface area contributed by atoms with E-state index in [2.05, 4.69) is 5.32 Å². The Balaban J connectivity index is 1.59. The molecular weight excluding hydrogens is 484 g/mol. The van der Waals surface area contributed by atoms with Crippen molar-refractivity contribution in [2.24, 2.45) is 0 Å². The number of ether oxygens (including phenoxy) is 1. The first-order chi connectivity index (χ1) is 17.7. The van der Waals surface area contributed by atoms with E-state index in [4.69, 9.17) is 4.74 Å². The fourth-order valence-corrected chi connectivity index (χ4v) is 5.30. The Bertz CT molecular complexity index is 1420. The summed E-state index contributed by atoms with van der Waals surface area (Å²) in [6, 6.07) is 32.1. The fraction of sp³-hybridized carbons (Fsp3) is 0.167. The topological polar surface area (TPSA) is 75.7 Å². The molecule has 4 aromatic rings. The van der Waals surface area contributed by atoms with Crippen LogP contribution in [0.2, 0.25) is 0 Å². The Hall–Kier alpha value is -4.10. The highest BCUT2D eigenvalue weighted by molar-refractivity contribution is 7.92. The van der Waals surface area contributed by atoms with E-state index in [1.807, 2.05) is 91.9 Å². The minimum Gasteiger partial charge on any atom is -0.457 e. The van der Waals surface area contributed by atoms with Gasteiger partial charge in [0, 0.05) is 0 Å². The first kappa shape index (κ1) is 26.0. The number of sulfonamides is 1. The van der Waals surface area contributed by atoms with Gasteiger partial charge in [-0.25, -0.2) is 8.42 Å². The second-order valence-electron chi connectivity index (χ2n) is 8.91. The SMILES string of the molecule is Cc1ccc([C@H](NC(=O)[C@@H](C)N(c2ccc(Oc3ccccc3)cc2)S(C)(=O)=O)c2ccccc2)cc1. The number of benzene rings is 4. The molecule has 0 aliphatic rings. The Kier molecular flexibility index (Phi) is 7.94.